The maximum Gasteiger partial charge on any atom is 0.573 e. The Balaban J connectivity index is 1.44. The van der Waals surface area contributed by atoms with Crippen LogP contribution in [0.2, 0.25) is 0 Å². The smallest absolute Gasteiger partial charge is 0.406 e. The zero-order valence-corrected chi connectivity index (χ0v) is 18.1. The Hall–Kier alpha value is -2.88. The van der Waals surface area contributed by atoms with Crippen LogP contribution in [0.1, 0.15) is 48.7 Å². The van der Waals surface area contributed by atoms with Crippen molar-refractivity contribution in [3.8, 4) is 5.75 Å². The minimum atomic E-state index is -4.77. The number of benzene rings is 1. The van der Waals surface area contributed by atoms with Gasteiger partial charge in [-0.3, -0.25) is 4.79 Å². The molecule has 0 atom stereocenters. The first-order chi connectivity index (χ1) is 15.0. The van der Waals surface area contributed by atoms with Crippen LogP contribution in [-0.4, -0.2) is 52.4 Å². The van der Waals surface area contributed by atoms with Crippen LogP contribution >= 0.6 is 0 Å². The molecule has 0 radical (unpaired) electrons. The highest BCUT2D eigenvalue weighted by Crippen LogP contribution is 2.38. The largest absolute Gasteiger partial charge is 0.573 e. The lowest BCUT2D eigenvalue weighted by molar-refractivity contribution is -0.274. The van der Waals surface area contributed by atoms with Gasteiger partial charge in [0.2, 0.25) is 5.95 Å². The van der Waals surface area contributed by atoms with Gasteiger partial charge in [-0.15, -0.1) is 13.2 Å². The second-order valence-electron chi connectivity index (χ2n) is 9.24. The number of ether oxygens (including phenoxy) is 2. The third kappa shape index (κ3) is 4.64. The summed E-state index contributed by atoms with van der Waals surface area (Å²) in [4.78, 5) is 22.8. The molecule has 10 heteroatoms. The van der Waals surface area contributed by atoms with Gasteiger partial charge in [-0.05, 0) is 35.1 Å². The molecule has 0 aliphatic carbocycles. The predicted octanol–water partition coefficient (Wildman–Crippen LogP) is 3.90. The molecular formula is C22H25F3N4O3. The van der Waals surface area contributed by atoms with Crippen LogP contribution in [-0.2, 0) is 16.7 Å². The van der Waals surface area contributed by atoms with Gasteiger partial charge in [0.25, 0.3) is 5.91 Å². The van der Waals surface area contributed by atoms with Gasteiger partial charge in [-0.2, -0.15) is 0 Å². The van der Waals surface area contributed by atoms with Gasteiger partial charge >= 0.3 is 6.36 Å². The lowest BCUT2D eigenvalue weighted by Crippen LogP contribution is -2.72. The normalized spacial score (nSPS) is 17.5. The van der Waals surface area contributed by atoms with Crippen LogP contribution < -0.4 is 10.1 Å². The molecule has 2 aromatic rings. The molecule has 2 aliphatic rings. The van der Waals surface area contributed by atoms with Gasteiger partial charge in [-0.25, -0.2) is 9.97 Å². The Morgan fingerprint density at radius 3 is 2.38 bits per heavy atom. The number of nitrogens with zero attached hydrogens (tertiary/aromatic N) is 3. The van der Waals surface area contributed by atoms with E-state index < -0.39 is 6.36 Å². The highest BCUT2D eigenvalue weighted by molar-refractivity contribution is 5.95. The van der Waals surface area contributed by atoms with E-state index in [9.17, 15) is 18.0 Å². The standard InChI is InChI=1S/C22H25F3N4O3/c1-20(2,3)16-6-14(7-17(8-16)32-22(23,24)25)9-26-19-27-10-15(11-28-19)18(30)29-5-4-21(29)12-31-13-21/h6-8,10-11H,4-5,9,12-13H2,1-3H3,(H,26,27,28). The summed E-state index contributed by atoms with van der Waals surface area (Å²) in [6.45, 7) is 7.74. The number of hydrogen-bond acceptors (Lipinski definition) is 6. The number of carbonyl (C=O) groups excluding carboxylic acids is 1. The molecule has 3 heterocycles. The van der Waals surface area contributed by atoms with Crippen LogP contribution in [0.25, 0.3) is 0 Å². The molecule has 7 nitrogen and oxygen atoms in total. The van der Waals surface area contributed by atoms with E-state index >= 15 is 0 Å². The summed E-state index contributed by atoms with van der Waals surface area (Å²) in [5.41, 5.74) is 1.16. The number of anilines is 1. The quantitative estimate of drug-likeness (QED) is 0.745. The summed E-state index contributed by atoms with van der Waals surface area (Å²) in [5.74, 6) is -0.128. The molecule has 1 N–H and O–H groups in total. The molecule has 0 saturated carbocycles. The monoisotopic (exact) mass is 450 g/mol. The van der Waals surface area contributed by atoms with Gasteiger partial charge < -0.3 is 19.7 Å². The van der Waals surface area contributed by atoms with Gasteiger partial charge in [0.05, 0.1) is 24.3 Å². The van der Waals surface area contributed by atoms with Crippen molar-refractivity contribution in [1.29, 1.82) is 0 Å². The molecule has 4 rings (SSSR count). The summed E-state index contributed by atoms with van der Waals surface area (Å²) in [5, 5.41) is 2.99. The van der Waals surface area contributed by atoms with E-state index in [-0.39, 0.29) is 35.1 Å². The molecule has 1 spiro atoms. The number of halogens is 3. The van der Waals surface area contributed by atoms with Crippen molar-refractivity contribution in [2.45, 2.75) is 51.1 Å². The van der Waals surface area contributed by atoms with Crippen LogP contribution in [0.4, 0.5) is 19.1 Å². The van der Waals surface area contributed by atoms with E-state index in [0.29, 0.717) is 36.4 Å². The number of likely N-dealkylation sites (tertiary alicyclic amines) is 1. The summed E-state index contributed by atoms with van der Waals surface area (Å²) < 4.78 is 47.5. The SMILES string of the molecule is CC(C)(C)c1cc(CNc2ncc(C(=O)N3CCC34COC4)cn2)cc(OC(F)(F)F)c1. The zero-order chi connectivity index (χ0) is 23.1. The Labute approximate surface area is 183 Å². The molecule has 1 aromatic heterocycles. The third-order valence-corrected chi connectivity index (χ3v) is 5.78. The van der Waals surface area contributed by atoms with Crippen molar-refractivity contribution >= 4 is 11.9 Å². The van der Waals surface area contributed by atoms with Crippen LogP contribution in [0, 0.1) is 0 Å². The minimum absolute atomic E-state index is 0.127. The molecule has 2 aliphatic heterocycles. The average Bonchev–Trinajstić information content (AvgIpc) is 2.62. The highest BCUT2D eigenvalue weighted by Gasteiger charge is 2.53. The second kappa shape index (κ2) is 7.91. The van der Waals surface area contributed by atoms with Gasteiger partial charge in [-0.1, -0.05) is 26.8 Å². The molecule has 1 aromatic carbocycles. The van der Waals surface area contributed by atoms with Gasteiger partial charge in [0.1, 0.15) is 5.75 Å². The molecular weight excluding hydrogens is 425 g/mol. The zero-order valence-electron chi connectivity index (χ0n) is 18.1. The van der Waals surface area contributed by atoms with E-state index in [1.807, 2.05) is 26.8 Å². The van der Waals surface area contributed by atoms with Gasteiger partial charge in [0, 0.05) is 25.5 Å². The number of aromatic nitrogens is 2. The molecule has 2 fully saturated rings. The van der Waals surface area contributed by atoms with Crippen LogP contribution in [0.15, 0.2) is 30.6 Å². The van der Waals surface area contributed by atoms with Crippen molar-refractivity contribution in [1.82, 2.24) is 14.9 Å². The van der Waals surface area contributed by atoms with Gasteiger partial charge in [0.15, 0.2) is 0 Å². The van der Waals surface area contributed by atoms with E-state index in [0.717, 1.165) is 6.42 Å². The fraction of sp³-hybridized carbons (Fsp3) is 0.500. The maximum absolute atomic E-state index is 12.7. The number of nitrogens with one attached hydrogen (secondary N) is 1. The van der Waals surface area contributed by atoms with E-state index in [2.05, 4.69) is 20.0 Å². The highest BCUT2D eigenvalue weighted by atomic mass is 19.4. The Morgan fingerprint density at radius 1 is 1.19 bits per heavy atom. The first kappa shape index (κ1) is 22.3. The first-order valence-corrected chi connectivity index (χ1v) is 10.3. The topological polar surface area (TPSA) is 76.6 Å². The Bertz CT molecular complexity index is 993. The van der Waals surface area contributed by atoms with Crippen molar-refractivity contribution < 1.29 is 27.4 Å². The number of hydrogen-bond donors (Lipinski definition) is 1. The number of rotatable bonds is 5. The number of amides is 1. The molecule has 0 bridgehead atoms. The summed E-state index contributed by atoms with van der Waals surface area (Å²) >= 11 is 0. The summed E-state index contributed by atoms with van der Waals surface area (Å²) in [7, 11) is 0. The molecule has 1 amide bonds. The Morgan fingerprint density at radius 2 is 1.88 bits per heavy atom. The van der Waals surface area contributed by atoms with Crippen molar-refractivity contribution in [2.24, 2.45) is 0 Å². The third-order valence-electron chi connectivity index (χ3n) is 5.78. The fourth-order valence-corrected chi connectivity index (χ4v) is 3.75. The fourth-order valence-electron chi connectivity index (χ4n) is 3.75. The first-order valence-electron chi connectivity index (χ1n) is 10.3. The molecule has 0 unspecified atom stereocenters. The lowest BCUT2D eigenvalue weighted by atomic mass is 9.82. The summed E-state index contributed by atoms with van der Waals surface area (Å²) in [6.07, 6.45) is -0.930. The van der Waals surface area contributed by atoms with Crippen molar-refractivity contribution in [2.75, 3.05) is 25.1 Å². The van der Waals surface area contributed by atoms with Crippen LogP contribution in [0.3, 0.4) is 0 Å². The predicted molar refractivity (Wildman–Crippen MR) is 110 cm³/mol. The van der Waals surface area contributed by atoms with Crippen LogP contribution in [0.5, 0.6) is 5.75 Å². The average molecular weight is 450 g/mol. The lowest BCUT2D eigenvalue weighted by Gasteiger charge is -2.57. The molecule has 172 valence electrons. The van der Waals surface area contributed by atoms with Crippen molar-refractivity contribution in [3.63, 3.8) is 0 Å². The maximum atomic E-state index is 12.7. The van der Waals surface area contributed by atoms with E-state index in [1.54, 1.807) is 4.90 Å². The summed E-state index contributed by atoms with van der Waals surface area (Å²) in [6, 6.07) is 4.54. The van der Waals surface area contributed by atoms with E-state index in [4.69, 9.17) is 4.74 Å². The minimum Gasteiger partial charge on any atom is -0.406 e. The molecule has 32 heavy (non-hydrogen) atoms. The number of alkyl halides is 3. The number of carbonyl (C=O) groups is 1. The van der Waals surface area contributed by atoms with E-state index in [1.165, 1.54) is 24.5 Å². The Kier molecular flexibility index (Phi) is 5.52. The molecule has 2 saturated heterocycles. The second-order valence-corrected chi connectivity index (χ2v) is 9.24. The van der Waals surface area contributed by atoms with Crippen molar-refractivity contribution in [3.05, 3.63) is 47.3 Å².